The standard InChI is InChI=1S/C14H22N4O/c19-12-5-7-18(9-12)14-8-13(16-10-17-14)15-6-4-11-2-1-3-11/h8,10-12,19H,1-7,9H2,(H,15,16,17). The van der Waals surface area contributed by atoms with Gasteiger partial charge in [-0.05, 0) is 18.8 Å². The van der Waals surface area contributed by atoms with Crippen molar-refractivity contribution in [2.75, 3.05) is 29.9 Å². The molecule has 0 spiro atoms. The number of rotatable bonds is 5. The van der Waals surface area contributed by atoms with Gasteiger partial charge in [0.25, 0.3) is 0 Å². The minimum Gasteiger partial charge on any atom is -0.391 e. The molecule has 0 bridgehead atoms. The van der Waals surface area contributed by atoms with E-state index in [0.717, 1.165) is 37.1 Å². The lowest BCUT2D eigenvalue weighted by Crippen LogP contribution is -2.22. The summed E-state index contributed by atoms with van der Waals surface area (Å²) in [5, 5.41) is 12.9. The number of hydrogen-bond donors (Lipinski definition) is 2. The molecule has 1 atom stereocenters. The summed E-state index contributed by atoms with van der Waals surface area (Å²) in [5.74, 6) is 2.73. The quantitative estimate of drug-likeness (QED) is 0.845. The maximum atomic E-state index is 9.57. The highest BCUT2D eigenvalue weighted by Gasteiger charge is 2.21. The van der Waals surface area contributed by atoms with Crippen LogP contribution in [0.15, 0.2) is 12.4 Å². The Hall–Kier alpha value is -1.36. The van der Waals surface area contributed by atoms with Crippen LogP contribution in [0.4, 0.5) is 11.6 Å². The zero-order valence-electron chi connectivity index (χ0n) is 11.3. The Bertz CT molecular complexity index is 422. The molecule has 1 aliphatic heterocycles. The SMILES string of the molecule is OC1CCN(c2cc(NCCC3CCC3)ncn2)C1. The third-order valence-electron chi connectivity index (χ3n) is 4.22. The number of aromatic nitrogens is 2. The Balaban J connectivity index is 1.53. The molecule has 1 aromatic heterocycles. The fourth-order valence-corrected chi connectivity index (χ4v) is 2.75. The average molecular weight is 262 g/mol. The lowest BCUT2D eigenvalue weighted by atomic mass is 9.83. The van der Waals surface area contributed by atoms with Crippen molar-refractivity contribution in [2.24, 2.45) is 5.92 Å². The van der Waals surface area contributed by atoms with E-state index in [0.29, 0.717) is 6.54 Å². The Morgan fingerprint density at radius 1 is 1.32 bits per heavy atom. The molecule has 1 aliphatic carbocycles. The largest absolute Gasteiger partial charge is 0.391 e. The van der Waals surface area contributed by atoms with Crippen molar-refractivity contribution in [2.45, 2.75) is 38.2 Å². The van der Waals surface area contributed by atoms with E-state index in [-0.39, 0.29) is 6.10 Å². The maximum absolute atomic E-state index is 9.57. The first kappa shape index (κ1) is 12.7. The van der Waals surface area contributed by atoms with Gasteiger partial charge >= 0.3 is 0 Å². The number of nitrogens with one attached hydrogen (secondary N) is 1. The third-order valence-corrected chi connectivity index (χ3v) is 4.22. The van der Waals surface area contributed by atoms with Crippen molar-refractivity contribution in [3.05, 3.63) is 12.4 Å². The summed E-state index contributed by atoms with van der Waals surface area (Å²) in [6, 6.07) is 1.98. The zero-order valence-corrected chi connectivity index (χ0v) is 11.3. The van der Waals surface area contributed by atoms with E-state index in [1.54, 1.807) is 6.33 Å². The lowest BCUT2D eigenvalue weighted by Gasteiger charge is -2.25. The summed E-state index contributed by atoms with van der Waals surface area (Å²) >= 11 is 0. The van der Waals surface area contributed by atoms with Crippen LogP contribution in [-0.2, 0) is 0 Å². The fourth-order valence-electron chi connectivity index (χ4n) is 2.75. The van der Waals surface area contributed by atoms with Gasteiger partial charge in [-0.15, -0.1) is 0 Å². The summed E-state index contributed by atoms with van der Waals surface area (Å²) < 4.78 is 0. The van der Waals surface area contributed by atoms with Gasteiger partial charge in [0, 0.05) is 25.7 Å². The second-order valence-electron chi connectivity index (χ2n) is 5.66. The van der Waals surface area contributed by atoms with Crippen molar-refractivity contribution in [1.82, 2.24) is 9.97 Å². The molecule has 3 rings (SSSR count). The number of aliphatic hydroxyl groups excluding tert-OH is 1. The van der Waals surface area contributed by atoms with Gasteiger partial charge in [0.15, 0.2) is 0 Å². The van der Waals surface area contributed by atoms with Crippen LogP contribution in [0.25, 0.3) is 0 Å². The average Bonchev–Trinajstić information content (AvgIpc) is 2.80. The highest BCUT2D eigenvalue weighted by Crippen LogP contribution is 2.29. The smallest absolute Gasteiger partial charge is 0.134 e. The van der Waals surface area contributed by atoms with Gasteiger partial charge in [0.05, 0.1) is 6.10 Å². The Morgan fingerprint density at radius 3 is 2.89 bits per heavy atom. The van der Waals surface area contributed by atoms with Crippen LogP contribution in [0.2, 0.25) is 0 Å². The molecule has 0 aromatic carbocycles. The fraction of sp³-hybridized carbons (Fsp3) is 0.714. The normalized spacial score (nSPS) is 23.4. The van der Waals surface area contributed by atoms with Gasteiger partial charge in [0.2, 0.25) is 0 Å². The molecule has 19 heavy (non-hydrogen) atoms. The number of nitrogens with zero attached hydrogens (tertiary/aromatic N) is 3. The van der Waals surface area contributed by atoms with Crippen LogP contribution in [-0.4, -0.2) is 40.8 Å². The van der Waals surface area contributed by atoms with Gasteiger partial charge in [-0.2, -0.15) is 0 Å². The van der Waals surface area contributed by atoms with E-state index in [2.05, 4.69) is 20.2 Å². The van der Waals surface area contributed by atoms with Gasteiger partial charge in [-0.3, -0.25) is 0 Å². The van der Waals surface area contributed by atoms with Gasteiger partial charge < -0.3 is 15.3 Å². The Morgan fingerprint density at radius 2 is 2.21 bits per heavy atom. The molecule has 1 aromatic rings. The number of β-amino-alcohol motifs (C(OH)–C–C–N with tert-alkyl or cyclic N) is 1. The van der Waals surface area contributed by atoms with E-state index >= 15 is 0 Å². The van der Waals surface area contributed by atoms with E-state index in [4.69, 9.17) is 0 Å². The third kappa shape index (κ3) is 3.15. The Kier molecular flexibility index (Phi) is 3.82. The highest BCUT2D eigenvalue weighted by molar-refractivity contribution is 5.49. The first-order valence-corrected chi connectivity index (χ1v) is 7.30. The van der Waals surface area contributed by atoms with Crippen LogP contribution < -0.4 is 10.2 Å². The maximum Gasteiger partial charge on any atom is 0.134 e. The van der Waals surface area contributed by atoms with Gasteiger partial charge in [0.1, 0.15) is 18.0 Å². The van der Waals surface area contributed by atoms with Crippen LogP contribution in [0, 0.1) is 5.92 Å². The molecule has 2 N–H and O–H groups in total. The van der Waals surface area contributed by atoms with Crippen molar-refractivity contribution >= 4 is 11.6 Å². The minimum absolute atomic E-state index is 0.218. The molecule has 2 fully saturated rings. The topological polar surface area (TPSA) is 61.3 Å². The van der Waals surface area contributed by atoms with E-state index in [9.17, 15) is 5.11 Å². The lowest BCUT2D eigenvalue weighted by molar-refractivity contribution is 0.198. The summed E-state index contributed by atoms with van der Waals surface area (Å²) in [6.07, 6.45) is 7.64. The molecular weight excluding hydrogens is 240 g/mol. The molecule has 104 valence electrons. The van der Waals surface area contributed by atoms with Crippen LogP contribution in [0.1, 0.15) is 32.1 Å². The molecule has 2 aliphatic rings. The molecule has 0 radical (unpaired) electrons. The molecule has 5 nitrogen and oxygen atoms in total. The van der Waals surface area contributed by atoms with Crippen LogP contribution in [0.3, 0.4) is 0 Å². The second kappa shape index (κ2) is 5.74. The molecule has 1 saturated carbocycles. The molecular formula is C14H22N4O. The highest BCUT2D eigenvalue weighted by atomic mass is 16.3. The van der Waals surface area contributed by atoms with Crippen molar-refractivity contribution in [3.8, 4) is 0 Å². The first-order chi connectivity index (χ1) is 9.31. The van der Waals surface area contributed by atoms with Crippen molar-refractivity contribution < 1.29 is 5.11 Å². The van der Waals surface area contributed by atoms with Gasteiger partial charge in [-0.1, -0.05) is 19.3 Å². The minimum atomic E-state index is -0.218. The predicted octanol–water partition coefficient (Wildman–Crippen LogP) is 1.65. The number of anilines is 2. The summed E-state index contributed by atoms with van der Waals surface area (Å²) in [5.41, 5.74) is 0. The Labute approximate surface area is 114 Å². The van der Waals surface area contributed by atoms with Crippen LogP contribution >= 0.6 is 0 Å². The molecule has 1 unspecified atom stereocenters. The number of hydrogen-bond acceptors (Lipinski definition) is 5. The van der Waals surface area contributed by atoms with Crippen molar-refractivity contribution in [3.63, 3.8) is 0 Å². The summed E-state index contributed by atoms with van der Waals surface area (Å²) in [6.45, 7) is 2.54. The number of aliphatic hydroxyl groups is 1. The zero-order chi connectivity index (χ0) is 13.1. The molecule has 5 heteroatoms. The second-order valence-corrected chi connectivity index (χ2v) is 5.66. The van der Waals surface area contributed by atoms with E-state index in [1.807, 2.05) is 6.07 Å². The molecule has 2 heterocycles. The van der Waals surface area contributed by atoms with E-state index < -0.39 is 0 Å². The predicted molar refractivity (Wildman–Crippen MR) is 75.3 cm³/mol. The van der Waals surface area contributed by atoms with Gasteiger partial charge in [-0.25, -0.2) is 9.97 Å². The van der Waals surface area contributed by atoms with E-state index in [1.165, 1.54) is 25.7 Å². The molecule has 0 amide bonds. The van der Waals surface area contributed by atoms with Crippen LogP contribution in [0.5, 0.6) is 0 Å². The van der Waals surface area contributed by atoms with Crippen molar-refractivity contribution in [1.29, 1.82) is 0 Å². The summed E-state index contributed by atoms with van der Waals surface area (Å²) in [4.78, 5) is 10.7. The summed E-state index contributed by atoms with van der Waals surface area (Å²) in [7, 11) is 0. The molecule has 1 saturated heterocycles. The first-order valence-electron chi connectivity index (χ1n) is 7.30. The monoisotopic (exact) mass is 262 g/mol.